The number of ketones is 1. The van der Waals surface area contributed by atoms with Crippen molar-refractivity contribution in [2.45, 2.75) is 12.5 Å². The number of alkyl halides is 2. The van der Waals surface area contributed by atoms with Crippen LogP contribution < -0.4 is 0 Å². The second-order valence-corrected chi connectivity index (χ2v) is 5.97. The number of fused-ring (bicyclic) bond motifs is 3. The maximum atomic E-state index is 13.4. The third-order valence-corrected chi connectivity index (χ3v) is 4.90. The van der Waals surface area contributed by atoms with Crippen LogP contribution in [0.5, 0.6) is 0 Å². The zero-order chi connectivity index (χ0) is 14.6. The largest absolute Gasteiger partial charge is 0.322 e. The van der Waals surface area contributed by atoms with E-state index in [9.17, 15) is 13.6 Å². The molecule has 0 spiro atoms. The molecular weight excluding hydrogens is 274 g/mol. The number of Topliss-reactive ketones (excluding diaryl/α,β-unsaturated/α-hetero) is 1. The van der Waals surface area contributed by atoms with Crippen molar-refractivity contribution in [3.8, 4) is 11.3 Å². The predicted molar refractivity (Wildman–Crippen MR) is 73.3 cm³/mol. The van der Waals surface area contributed by atoms with Crippen LogP contribution >= 0.6 is 0 Å². The van der Waals surface area contributed by atoms with E-state index >= 15 is 0 Å². The first-order valence-corrected chi connectivity index (χ1v) is 6.97. The van der Waals surface area contributed by atoms with Gasteiger partial charge in [0.05, 0.1) is 43.5 Å². The molecule has 2 unspecified atom stereocenters. The summed E-state index contributed by atoms with van der Waals surface area (Å²) >= 11 is 0. The van der Waals surface area contributed by atoms with Crippen molar-refractivity contribution in [3.05, 3.63) is 42.4 Å². The lowest BCUT2D eigenvalue weighted by Crippen LogP contribution is -2.55. The summed E-state index contributed by atoms with van der Waals surface area (Å²) in [6.07, 6.45) is 3.37. The number of rotatable bonds is 3. The maximum Gasteiger partial charge on any atom is 0.139 e. The van der Waals surface area contributed by atoms with Crippen LogP contribution in [-0.4, -0.2) is 28.7 Å². The molecule has 2 heterocycles. The minimum absolute atomic E-state index is 0.00658. The highest BCUT2D eigenvalue weighted by molar-refractivity contribution is 5.91. The minimum Gasteiger partial charge on any atom is -0.322 e. The van der Waals surface area contributed by atoms with Gasteiger partial charge in [-0.2, -0.15) is 0 Å². The summed E-state index contributed by atoms with van der Waals surface area (Å²) < 4.78 is 28.7. The summed E-state index contributed by atoms with van der Waals surface area (Å²) in [4.78, 5) is 16.2. The van der Waals surface area contributed by atoms with Crippen molar-refractivity contribution < 1.29 is 13.6 Å². The van der Waals surface area contributed by atoms with E-state index in [1.807, 2.05) is 28.8 Å². The van der Waals surface area contributed by atoms with Gasteiger partial charge in [-0.25, -0.2) is 4.98 Å². The van der Waals surface area contributed by atoms with Gasteiger partial charge in [0.2, 0.25) is 0 Å². The zero-order valence-electron chi connectivity index (χ0n) is 11.3. The number of hydrogen-bond acceptors (Lipinski definition) is 2. The third kappa shape index (κ3) is 1.46. The standard InChI is InChI=1S/C16H14F2N2O/c17-7-16(8-18)5-13(21)14(16)15-11-4-2-1-3-10(11)12-6-19-9-20(12)15/h1-4,6,9,14-15H,5,7-8H2. The smallest absolute Gasteiger partial charge is 0.139 e. The van der Waals surface area contributed by atoms with Crippen molar-refractivity contribution in [2.24, 2.45) is 11.3 Å². The average Bonchev–Trinajstić information content (AvgIpc) is 3.08. The normalized spacial score (nSPS) is 25.3. The van der Waals surface area contributed by atoms with E-state index in [1.54, 1.807) is 12.5 Å². The van der Waals surface area contributed by atoms with Crippen molar-refractivity contribution >= 4 is 5.78 Å². The Morgan fingerprint density at radius 3 is 2.76 bits per heavy atom. The van der Waals surface area contributed by atoms with E-state index in [0.717, 1.165) is 16.8 Å². The van der Waals surface area contributed by atoms with Crippen LogP contribution in [0.4, 0.5) is 8.78 Å². The highest BCUT2D eigenvalue weighted by Crippen LogP contribution is 2.55. The van der Waals surface area contributed by atoms with E-state index in [1.165, 1.54) is 0 Å². The fourth-order valence-electron chi connectivity index (χ4n) is 3.80. The zero-order valence-corrected chi connectivity index (χ0v) is 11.3. The number of halogens is 2. The second-order valence-electron chi connectivity index (χ2n) is 5.97. The lowest BCUT2D eigenvalue weighted by molar-refractivity contribution is -0.149. The van der Waals surface area contributed by atoms with Crippen molar-refractivity contribution in [2.75, 3.05) is 13.3 Å². The lowest BCUT2D eigenvalue weighted by atomic mass is 9.57. The first-order chi connectivity index (χ1) is 10.2. The molecule has 2 aliphatic rings. The molecule has 1 fully saturated rings. The van der Waals surface area contributed by atoms with Gasteiger partial charge in [-0.05, 0) is 5.56 Å². The molecule has 1 saturated carbocycles. The van der Waals surface area contributed by atoms with Crippen molar-refractivity contribution in [1.29, 1.82) is 0 Å². The lowest BCUT2D eigenvalue weighted by Gasteiger charge is -2.47. The number of carbonyl (C=O) groups is 1. The summed E-state index contributed by atoms with van der Waals surface area (Å²) in [5, 5.41) is 0. The molecule has 5 heteroatoms. The molecule has 2 aromatic rings. The topological polar surface area (TPSA) is 34.9 Å². The molecule has 1 aromatic heterocycles. The molecule has 21 heavy (non-hydrogen) atoms. The Kier molecular flexibility index (Phi) is 2.55. The Morgan fingerprint density at radius 1 is 1.29 bits per heavy atom. The third-order valence-electron chi connectivity index (χ3n) is 4.90. The summed E-state index contributed by atoms with van der Waals surface area (Å²) in [6.45, 7) is -1.61. The molecule has 1 aliphatic heterocycles. The number of aromatic nitrogens is 2. The first kappa shape index (κ1) is 12.7. The van der Waals surface area contributed by atoms with Gasteiger partial charge < -0.3 is 4.57 Å². The minimum atomic E-state index is -1.17. The van der Waals surface area contributed by atoms with Gasteiger partial charge in [0.25, 0.3) is 0 Å². The fraction of sp³-hybridized carbons (Fsp3) is 0.375. The van der Waals surface area contributed by atoms with Gasteiger partial charge in [0.1, 0.15) is 5.78 Å². The van der Waals surface area contributed by atoms with E-state index in [0.29, 0.717) is 0 Å². The Morgan fingerprint density at radius 2 is 2.05 bits per heavy atom. The van der Waals surface area contributed by atoms with E-state index in [-0.39, 0.29) is 18.2 Å². The van der Waals surface area contributed by atoms with Crippen LogP contribution in [0.2, 0.25) is 0 Å². The summed E-state index contributed by atoms with van der Waals surface area (Å²) in [7, 11) is 0. The molecule has 1 aromatic carbocycles. The highest BCUT2D eigenvalue weighted by Gasteiger charge is 2.59. The molecule has 0 saturated heterocycles. The fourth-order valence-corrected chi connectivity index (χ4v) is 3.80. The number of nitrogens with zero attached hydrogens (tertiary/aromatic N) is 2. The molecular formula is C16H14F2N2O. The van der Waals surface area contributed by atoms with Gasteiger partial charge in [-0.1, -0.05) is 24.3 Å². The Labute approximate surface area is 120 Å². The maximum absolute atomic E-state index is 13.4. The number of hydrogen-bond donors (Lipinski definition) is 0. The van der Waals surface area contributed by atoms with Crippen LogP contribution in [0, 0.1) is 11.3 Å². The molecule has 0 bridgehead atoms. The first-order valence-electron chi connectivity index (χ1n) is 6.97. The Balaban J connectivity index is 1.88. The van der Waals surface area contributed by atoms with Gasteiger partial charge >= 0.3 is 0 Å². The molecule has 4 rings (SSSR count). The number of benzene rings is 1. The summed E-state index contributed by atoms with van der Waals surface area (Å²) in [5.41, 5.74) is 1.69. The van der Waals surface area contributed by atoms with Crippen LogP contribution in [0.25, 0.3) is 11.3 Å². The average molecular weight is 288 g/mol. The van der Waals surface area contributed by atoms with E-state index in [4.69, 9.17) is 0 Å². The van der Waals surface area contributed by atoms with Crippen molar-refractivity contribution in [1.82, 2.24) is 9.55 Å². The molecule has 1 aliphatic carbocycles. The quantitative estimate of drug-likeness (QED) is 0.870. The van der Waals surface area contributed by atoms with Gasteiger partial charge in [0.15, 0.2) is 0 Å². The predicted octanol–water partition coefficient (Wildman–Crippen LogP) is 2.97. The molecule has 0 amide bonds. The van der Waals surface area contributed by atoms with Crippen LogP contribution in [-0.2, 0) is 4.79 Å². The van der Waals surface area contributed by atoms with Crippen LogP contribution in [0.15, 0.2) is 36.8 Å². The Bertz CT molecular complexity index is 721. The Hall–Kier alpha value is -2.04. The summed E-state index contributed by atoms with van der Waals surface area (Å²) in [5.74, 6) is -0.712. The van der Waals surface area contributed by atoms with Gasteiger partial charge in [-0.3, -0.25) is 13.6 Å². The monoisotopic (exact) mass is 288 g/mol. The molecule has 0 N–H and O–H groups in total. The molecule has 0 radical (unpaired) electrons. The molecule has 2 atom stereocenters. The van der Waals surface area contributed by atoms with E-state index in [2.05, 4.69) is 4.98 Å². The number of carbonyl (C=O) groups excluding carboxylic acids is 1. The molecule has 108 valence electrons. The van der Waals surface area contributed by atoms with Gasteiger partial charge in [0, 0.05) is 17.4 Å². The van der Waals surface area contributed by atoms with Gasteiger partial charge in [-0.15, -0.1) is 0 Å². The van der Waals surface area contributed by atoms with Crippen LogP contribution in [0.1, 0.15) is 18.0 Å². The second kappa shape index (κ2) is 4.23. The SMILES string of the molecule is O=C1CC(CF)(CF)C1C1c2ccccc2-c2cncn21. The highest BCUT2D eigenvalue weighted by atomic mass is 19.1. The summed E-state index contributed by atoms with van der Waals surface area (Å²) in [6, 6.07) is 7.35. The van der Waals surface area contributed by atoms with Crippen LogP contribution in [0.3, 0.4) is 0 Å². The van der Waals surface area contributed by atoms with Crippen molar-refractivity contribution in [3.63, 3.8) is 0 Å². The van der Waals surface area contributed by atoms with E-state index < -0.39 is 24.7 Å². The molecule has 3 nitrogen and oxygen atoms in total. The number of imidazole rings is 1.